The van der Waals surface area contributed by atoms with E-state index in [4.69, 9.17) is 0 Å². The monoisotopic (exact) mass is 523 g/mol. The van der Waals surface area contributed by atoms with Crippen LogP contribution < -0.4 is 10.1 Å². The lowest BCUT2D eigenvalue weighted by atomic mass is 10.0. The van der Waals surface area contributed by atoms with Gasteiger partial charge in [0.1, 0.15) is 11.3 Å². The lowest BCUT2D eigenvalue weighted by Gasteiger charge is -2.13. The topological polar surface area (TPSA) is 72.8 Å². The first kappa shape index (κ1) is 23.7. The van der Waals surface area contributed by atoms with Crippen LogP contribution in [0.1, 0.15) is 0 Å². The second-order valence-corrected chi connectivity index (χ2v) is 9.42. The Hall–Kier alpha value is -4.63. The van der Waals surface area contributed by atoms with Crippen molar-refractivity contribution in [2.24, 2.45) is 0 Å². The second-order valence-electron chi connectivity index (χ2n) is 8.30. The van der Waals surface area contributed by atoms with Crippen molar-refractivity contribution in [1.82, 2.24) is 20.2 Å². The summed E-state index contributed by atoms with van der Waals surface area (Å²) < 4.78 is 29.6. The van der Waals surface area contributed by atoms with Crippen LogP contribution in [0.3, 0.4) is 0 Å². The quantitative estimate of drug-likeness (QED) is 0.229. The largest absolute Gasteiger partial charge is 0.433 e. The SMILES string of the molecule is FC(F)Oc1cnc2c(Sc3ccc(-c4ccccc4Nc4nncc5ccccc45)cc3)ccnc2c1. The van der Waals surface area contributed by atoms with Crippen LogP contribution in [-0.4, -0.2) is 26.8 Å². The summed E-state index contributed by atoms with van der Waals surface area (Å²) in [5.41, 5.74) is 4.10. The highest BCUT2D eigenvalue weighted by Crippen LogP contribution is 2.36. The van der Waals surface area contributed by atoms with E-state index < -0.39 is 6.61 Å². The van der Waals surface area contributed by atoms with Crippen molar-refractivity contribution in [1.29, 1.82) is 0 Å². The number of halogens is 2. The third-order valence-electron chi connectivity index (χ3n) is 5.88. The van der Waals surface area contributed by atoms with Crippen molar-refractivity contribution in [2.45, 2.75) is 16.4 Å². The smallest absolute Gasteiger partial charge is 0.387 e. The average molecular weight is 524 g/mol. The van der Waals surface area contributed by atoms with Crippen molar-refractivity contribution < 1.29 is 13.5 Å². The lowest BCUT2D eigenvalue weighted by molar-refractivity contribution is -0.0499. The highest BCUT2D eigenvalue weighted by Gasteiger charge is 2.12. The van der Waals surface area contributed by atoms with Crippen molar-refractivity contribution in [3.05, 3.63) is 104 Å². The van der Waals surface area contributed by atoms with Crippen LogP contribution >= 0.6 is 11.8 Å². The van der Waals surface area contributed by atoms with E-state index in [0.29, 0.717) is 16.9 Å². The van der Waals surface area contributed by atoms with Crippen molar-refractivity contribution >= 4 is 45.1 Å². The summed E-state index contributed by atoms with van der Waals surface area (Å²) in [6.07, 6.45) is 4.67. The van der Waals surface area contributed by atoms with Crippen LogP contribution in [0.25, 0.3) is 32.9 Å². The van der Waals surface area contributed by atoms with Crippen LogP contribution in [0, 0.1) is 0 Å². The van der Waals surface area contributed by atoms with Gasteiger partial charge < -0.3 is 10.1 Å². The number of nitrogens with one attached hydrogen (secondary N) is 1. The van der Waals surface area contributed by atoms with Crippen LogP contribution in [0.5, 0.6) is 5.75 Å². The predicted molar refractivity (Wildman–Crippen MR) is 145 cm³/mol. The Morgan fingerprint density at radius 2 is 1.66 bits per heavy atom. The fourth-order valence-corrected chi connectivity index (χ4v) is 5.07. The van der Waals surface area contributed by atoms with Crippen molar-refractivity contribution in [3.8, 4) is 16.9 Å². The molecule has 0 saturated carbocycles. The van der Waals surface area contributed by atoms with E-state index in [1.807, 2.05) is 60.7 Å². The van der Waals surface area contributed by atoms with Gasteiger partial charge in [0.05, 0.1) is 17.9 Å². The third kappa shape index (κ3) is 4.96. The van der Waals surface area contributed by atoms with Gasteiger partial charge in [-0.3, -0.25) is 4.98 Å². The minimum atomic E-state index is -2.91. The van der Waals surface area contributed by atoms with Crippen LogP contribution in [0.4, 0.5) is 20.3 Å². The highest BCUT2D eigenvalue weighted by molar-refractivity contribution is 7.99. The first-order chi connectivity index (χ1) is 18.6. The third-order valence-corrected chi connectivity index (χ3v) is 6.94. The number of hydrogen-bond acceptors (Lipinski definition) is 7. The number of ether oxygens (including phenoxy) is 1. The number of nitrogens with zero attached hydrogens (tertiary/aromatic N) is 4. The summed E-state index contributed by atoms with van der Waals surface area (Å²) in [6, 6.07) is 27.5. The summed E-state index contributed by atoms with van der Waals surface area (Å²) in [4.78, 5) is 10.4. The molecular formula is C29H19F2N5OS. The number of para-hydroxylation sites is 1. The van der Waals surface area contributed by atoms with Crippen LogP contribution in [-0.2, 0) is 0 Å². The van der Waals surface area contributed by atoms with Gasteiger partial charge >= 0.3 is 6.61 Å². The molecule has 3 aromatic carbocycles. The second kappa shape index (κ2) is 10.4. The molecule has 0 amide bonds. The molecule has 0 saturated heterocycles. The molecule has 0 fully saturated rings. The molecule has 0 aliphatic rings. The number of rotatable bonds is 7. The highest BCUT2D eigenvalue weighted by atomic mass is 32.2. The molecule has 6 nitrogen and oxygen atoms in total. The molecule has 1 N–H and O–H groups in total. The first-order valence-electron chi connectivity index (χ1n) is 11.7. The minimum Gasteiger partial charge on any atom is -0.433 e. The van der Waals surface area contributed by atoms with Gasteiger partial charge in [0, 0.05) is 44.1 Å². The Morgan fingerprint density at radius 1 is 0.842 bits per heavy atom. The summed E-state index contributed by atoms with van der Waals surface area (Å²) >= 11 is 1.52. The molecule has 3 heterocycles. The Morgan fingerprint density at radius 3 is 2.53 bits per heavy atom. The Balaban J connectivity index is 1.26. The fourth-order valence-electron chi connectivity index (χ4n) is 4.16. The molecule has 3 aromatic heterocycles. The standard InChI is InChI=1S/C29H19F2N5OS/c30-29(31)37-20-15-25-27(33-17-20)26(13-14-32-25)38-21-11-9-18(10-12-21)22-6-3-4-8-24(22)35-28-23-7-2-1-5-19(23)16-34-36-28/h1-17,29H,(H,35,36). The summed E-state index contributed by atoms with van der Waals surface area (Å²) in [6.45, 7) is -2.91. The number of alkyl halides is 2. The van der Waals surface area contributed by atoms with E-state index in [2.05, 4.69) is 48.4 Å². The van der Waals surface area contributed by atoms with Gasteiger partial charge in [-0.15, -0.1) is 5.10 Å². The Labute approximate surface area is 220 Å². The maximum atomic E-state index is 12.6. The molecule has 6 aromatic rings. The first-order valence-corrected chi connectivity index (χ1v) is 12.5. The fraction of sp³-hybridized carbons (Fsp3) is 0.0345. The van der Waals surface area contributed by atoms with E-state index in [9.17, 15) is 8.78 Å². The molecule has 6 rings (SSSR count). The Bertz CT molecular complexity index is 1740. The van der Waals surface area contributed by atoms with Gasteiger partial charge in [0.25, 0.3) is 0 Å². The van der Waals surface area contributed by atoms with Crippen molar-refractivity contribution in [2.75, 3.05) is 5.32 Å². The normalized spacial score (nSPS) is 11.2. The van der Waals surface area contributed by atoms with E-state index in [0.717, 1.165) is 37.4 Å². The molecule has 0 aliphatic carbocycles. The minimum absolute atomic E-state index is 0.0201. The predicted octanol–water partition coefficient (Wildman–Crippen LogP) is 7.74. The molecule has 0 bridgehead atoms. The molecular weight excluding hydrogens is 504 g/mol. The maximum Gasteiger partial charge on any atom is 0.387 e. The van der Waals surface area contributed by atoms with Crippen LogP contribution in [0.2, 0.25) is 0 Å². The lowest BCUT2D eigenvalue weighted by Crippen LogP contribution is -2.02. The zero-order valence-electron chi connectivity index (χ0n) is 19.8. The number of fused-ring (bicyclic) bond motifs is 2. The summed E-state index contributed by atoms with van der Waals surface area (Å²) in [5.74, 6) is 0.676. The number of anilines is 2. The number of pyridine rings is 2. The zero-order chi connectivity index (χ0) is 25.9. The number of hydrogen-bond donors (Lipinski definition) is 1. The molecule has 9 heteroatoms. The molecule has 186 valence electrons. The summed E-state index contributed by atoms with van der Waals surface area (Å²) in [5, 5.41) is 13.9. The van der Waals surface area contributed by atoms with E-state index in [1.165, 1.54) is 24.0 Å². The van der Waals surface area contributed by atoms with E-state index in [-0.39, 0.29) is 5.75 Å². The van der Waals surface area contributed by atoms with E-state index >= 15 is 0 Å². The van der Waals surface area contributed by atoms with E-state index in [1.54, 1.807) is 12.4 Å². The zero-order valence-corrected chi connectivity index (χ0v) is 20.6. The number of aromatic nitrogens is 4. The maximum absolute atomic E-state index is 12.6. The van der Waals surface area contributed by atoms with Crippen LogP contribution in [0.15, 0.2) is 113 Å². The van der Waals surface area contributed by atoms with Gasteiger partial charge in [0.15, 0.2) is 5.82 Å². The number of benzene rings is 3. The average Bonchev–Trinajstić information content (AvgIpc) is 2.94. The molecule has 38 heavy (non-hydrogen) atoms. The molecule has 0 radical (unpaired) electrons. The van der Waals surface area contributed by atoms with Gasteiger partial charge in [-0.1, -0.05) is 66.4 Å². The molecule has 0 atom stereocenters. The van der Waals surface area contributed by atoms with Gasteiger partial charge in [0.2, 0.25) is 0 Å². The van der Waals surface area contributed by atoms with Crippen molar-refractivity contribution in [3.63, 3.8) is 0 Å². The molecule has 0 unspecified atom stereocenters. The van der Waals surface area contributed by atoms with Gasteiger partial charge in [-0.05, 0) is 29.8 Å². The molecule has 0 spiro atoms. The summed E-state index contributed by atoms with van der Waals surface area (Å²) in [7, 11) is 0. The van der Waals surface area contributed by atoms with Gasteiger partial charge in [-0.25, -0.2) is 4.98 Å². The van der Waals surface area contributed by atoms with Gasteiger partial charge in [-0.2, -0.15) is 13.9 Å². The molecule has 0 aliphatic heterocycles. The Kier molecular flexibility index (Phi) is 6.49.